The lowest BCUT2D eigenvalue weighted by molar-refractivity contribution is -0.124. The summed E-state index contributed by atoms with van der Waals surface area (Å²) in [5.74, 6) is -1.11. The highest BCUT2D eigenvalue weighted by atomic mass is 32.2. The first-order chi connectivity index (χ1) is 15.2. The van der Waals surface area contributed by atoms with Crippen molar-refractivity contribution < 1.29 is 19.2 Å². The second-order valence-corrected chi connectivity index (χ2v) is 8.57. The lowest BCUT2D eigenvalue weighted by Gasteiger charge is -2.13. The predicted octanol–water partition coefficient (Wildman–Crippen LogP) is 3.19. The van der Waals surface area contributed by atoms with Gasteiger partial charge in [-0.15, -0.1) is 0 Å². The van der Waals surface area contributed by atoms with E-state index >= 15 is 0 Å². The van der Waals surface area contributed by atoms with Gasteiger partial charge < -0.3 is 10.6 Å². The number of aryl methyl sites for hydroxylation is 3. The highest BCUT2D eigenvalue weighted by Crippen LogP contribution is 2.31. The highest BCUT2D eigenvalue weighted by molar-refractivity contribution is 8.18. The topological polar surface area (TPSA) is 95.6 Å². The largest absolute Gasteiger partial charge is 0.353 e. The Bertz CT molecular complexity index is 1090. The smallest absolute Gasteiger partial charge is 0.293 e. The number of imide groups is 1. The van der Waals surface area contributed by atoms with Gasteiger partial charge in [-0.25, -0.2) is 0 Å². The molecule has 0 radical (unpaired) electrons. The molecule has 3 rings (SSSR count). The van der Waals surface area contributed by atoms with Crippen LogP contribution in [0.15, 0.2) is 47.4 Å². The molecule has 2 aromatic rings. The van der Waals surface area contributed by atoms with Crippen LogP contribution >= 0.6 is 11.8 Å². The Hall–Kier alpha value is -3.39. The Morgan fingerprint density at radius 1 is 0.969 bits per heavy atom. The van der Waals surface area contributed by atoms with Gasteiger partial charge in [-0.05, 0) is 67.4 Å². The summed E-state index contributed by atoms with van der Waals surface area (Å²) >= 11 is 0.882. The van der Waals surface area contributed by atoms with Gasteiger partial charge in [0.05, 0.1) is 11.4 Å². The zero-order valence-corrected chi connectivity index (χ0v) is 19.0. The fourth-order valence-electron chi connectivity index (χ4n) is 3.02. The van der Waals surface area contributed by atoms with Gasteiger partial charge in [0, 0.05) is 18.7 Å². The fourth-order valence-corrected chi connectivity index (χ4v) is 3.89. The van der Waals surface area contributed by atoms with Crippen molar-refractivity contribution in [2.75, 3.05) is 19.6 Å². The van der Waals surface area contributed by atoms with Gasteiger partial charge in [-0.1, -0.05) is 35.9 Å². The third-order valence-corrected chi connectivity index (χ3v) is 5.99. The standard InChI is InChI=1S/C24H25N3O4S/c1-15-4-7-18(8-5-15)13-20-23(30)27(24(31)32-20)11-10-25-21(28)14-26-22(29)19-9-6-16(2)17(3)12-19/h4-9,12-13H,10-11,14H2,1-3H3,(H,25,28)(H,26,29)/b20-13-. The van der Waals surface area contributed by atoms with Crippen molar-refractivity contribution in [2.45, 2.75) is 20.8 Å². The molecule has 0 unspecified atom stereocenters. The lowest BCUT2D eigenvalue weighted by Crippen LogP contribution is -2.41. The zero-order chi connectivity index (χ0) is 23.3. The van der Waals surface area contributed by atoms with E-state index in [1.165, 1.54) is 0 Å². The summed E-state index contributed by atoms with van der Waals surface area (Å²) in [6, 6.07) is 13.0. The van der Waals surface area contributed by atoms with Crippen LogP contribution < -0.4 is 10.6 Å². The average molecular weight is 452 g/mol. The summed E-state index contributed by atoms with van der Waals surface area (Å²) in [6.45, 7) is 5.82. The molecule has 166 valence electrons. The molecule has 4 amide bonds. The maximum Gasteiger partial charge on any atom is 0.293 e. The van der Waals surface area contributed by atoms with Crippen LogP contribution in [0, 0.1) is 20.8 Å². The lowest BCUT2D eigenvalue weighted by atomic mass is 10.1. The number of hydrogen-bond acceptors (Lipinski definition) is 5. The van der Waals surface area contributed by atoms with Gasteiger partial charge in [0.1, 0.15) is 0 Å². The summed E-state index contributed by atoms with van der Waals surface area (Å²) in [7, 11) is 0. The number of carbonyl (C=O) groups is 4. The SMILES string of the molecule is Cc1ccc(/C=C2\SC(=O)N(CCNC(=O)CNC(=O)c3ccc(C)c(C)c3)C2=O)cc1. The molecule has 32 heavy (non-hydrogen) atoms. The van der Waals surface area contributed by atoms with Gasteiger partial charge in [-0.3, -0.25) is 24.1 Å². The molecule has 2 aromatic carbocycles. The first kappa shape index (κ1) is 23.3. The monoisotopic (exact) mass is 451 g/mol. The van der Waals surface area contributed by atoms with Crippen LogP contribution in [0.25, 0.3) is 6.08 Å². The molecule has 8 heteroatoms. The minimum atomic E-state index is -0.399. The van der Waals surface area contributed by atoms with Crippen molar-refractivity contribution in [3.63, 3.8) is 0 Å². The molecule has 1 aliphatic heterocycles. The van der Waals surface area contributed by atoms with Crippen LogP contribution in [0.2, 0.25) is 0 Å². The number of nitrogens with zero attached hydrogens (tertiary/aromatic N) is 1. The fraction of sp³-hybridized carbons (Fsp3) is 0.250. The zero-order valence-electron chi connectivity index (χ0n) is 18.2. The minimum absolute atomic E-state index is 0.0622. The second-order valence-electron chi connectivity index (χ2n) is 7.58. The Labute approximate surface area is 191 Å². The number of carbonyl (C=O) groups excluding carboxylic acids is 4. The Kier molecular flexibility index (Phi) is 7.48. The van der Waals surface area contributed by atoms with Crippen molar-refractivity contribution in [3.8, 4) is 0 Å². The van der Waals surface area contributed by atoms with Crippen LogP contribution in [0.4, 0.5) is 4.79 Å². The number of hydrogen-bond donors (Lipinski definition) is 2. The second kappa shape index (κ2) is 10.3. The molecule has 0 spiro atoms. The van der Waals surface area contributed by atoms with Gasteiger partial charge >= 0.3 is 0 Å². The molecule has 1 heterocycles. The Morgan fingerprint density at radius 3 is 2.38 bits per heavy atom. The van der Waals surface area contributed by atoms with E-state index in [1.54, 1.807) is 18.2 Å². The Morgan fingerprint density at radius 2 is 1.69 bits per heavy atom. The van der Waals surface area contributed by atoms with Crippen molar-refractivity contribution in [3.05, 3.63) is 75.2 Å². The molecular weight excluding hydrogens is 426 g/mol. The number of nitrogens with one attached hydrogen (secondary N) is 2. The van der Waals surface area contributed by atoms with Crippen LogP contribution in [0.3, 0.4) is 0 Å². The molecule has 7 nitrogen and oxygen atoms in total. The molecule has 1 saturated heterocycles. The number of rotatable bonds is 7. The molecular formula is C24H25N3O4S. The van der Waals surface area contributed by atoms with E-state index in [1.807, 2.05) is 51.1 Å². The molecule has 2 N–H and O–H groups in total. The number of thioether (sulfide) groups is 1. The van der Waals surface area contributed by atoms with Crippen molar-refractivity contribution in [2.24, 2.45) is 0 Å². The normalized spacial score (nSPS) is 14.7. The van der Waals surface area contributed by atoms with Crippen LogP contribution in [0.1, 0.15) is 32.6 Å². The van der Waals surface area contributed by atoms with E-state index in [0.717, 1.165) is 38.9 Å². The van der Waals surface area contributed by atoms with Gasteiger partial charge in [0.25, 0.3) is 17.1 Å². The molecule has 0 atom stereocenters. The van der Waals surface area contributed by atoms with E-state index < -0.39 is 5.91 Å². The number of amides is 4. The van der Waals surface area contributed by atoms with E-state index in [0.29, 0.717) is 10.5 Å². The van der Waals surface area contributed by atoms with Crippen LogP contribution in [-0.4, -0.2) is 47.5 Å². The summed E-state index contributed by atoms with van der Waals surface area (Å²) in [5.41, 5.74) is 4.51. The van der Waals surface area contributed by atoms with Crippen molar-refractivity contribution >= 4 is 40.8 Å². The van der Waals surface area contributed by atoms with Crippen LogP contribution in [0.5, 0.6) is 0 Å². The molecule has 1 aliphatic rings. The van der Waals surface area contributed by atoms with E-state index in [9.17, 15) is 19.2 Å². The first-order valence-electron chi connectivity index (χ1n) is 10.2. The predicted molar refractivity (Wildman–Crippen MR) is 125 cm³/mol. The molecule has 0 bridgehead atoms. The molecule has 0 saturated carbocycles. The maximum absolute atomic E-state index is 12.5. The summed E-state index contributed by atoms with van der Waals surface area (Å²) in [5, 5.41) is 4.82. The van der Waals surface area contributed by atoms with E-state index in [-0.39, 0.29) is 36.7 Å². The Balaban J connectivity index is 1.46. The maximum atomic E-state index is 12.5. The average Bonchev–Trinajstić information content (AvgIpc) is 3.02. The molecule has 0 aliphatic carbocycles. The minimum Gasteiger partial charge on any atom is -0.353 e. The molecule has 0 aromatic heterocycles. The van der Waals surface area contributed by atoms with E-state index in [4.69, 9.17) is 0 Å². The van der Waals surface area contributed by atoms with Crippen LogP contribution in [-0.2, 0) is 9.59 Å². The highest BCUT2D eigenvalue weighted by Gasteiger charge is 2.34. The third kappa shape index (κ3) is 5.85. The van der Waals surface area contributed by atoms with E-state index in [2.05, 4.69) is 10.6 Å². The van der Waals surface area contributed by atoms with Gasteiger partial charge in [-0.2, -0.15) is 0 Å². The molecule has 1 fully saturated rings. The van der Waals surface area contributed by atoms with Crippen molar-refractivity contribution in [1.29, 1.82) is 0 Å². The van der Waals surface area contributed by atoms with Crippen molar-refractivity contribution in [1.82, 2.24) is 15.5 Å². The summed E-state index contributed by atoms with van der Waals surface area (Å²) in [6.07, 6.45) is 1.69. The number of benzene rings is 2. The summed E-state index contributed by atoms with van der Waals surface area (Å²) < 4.78 is 0. The third-order valence-electron chi connectivity index (χ3n) is 5.08. The summed E-state index contributed by atoms with van der Waals surface area (Å²) in [4.78, 5) is 50.4. The first-order valence-corrected chi connectivity index (χ1v) is 11.0. The van der Waals surface area contributed by atoms with Gasteiger partial charge in [0.2, 0.25) is 5.91 Å². The van der Waals surface area contributed by atoms with Gasteiger partial charge in [0.15, 0.2) is 0 Å². The quantitative estimate of drug-likeness (QED) is 0.631.